The molecule has 0 aliphatic carbocycles. The van der Waals surface area contributed by atoms with Crippen LogP contribution in [-0.2, 0) is 22.7 Å². The minimum Gasteiger partial charge on any atom is -0.254 e. The van der Waals surface area contributed by atoms with Gasteiger partial charge in [-0.2, -0.15) is 17.9 Å². The minimum atomic E-state index is -4.49. The topological polar surface area (TPSA) is 60.7 Å². The lowest BCUT2D eigenvalue weighted by Gasteiger charge is -2.08. The van der Waals surface area contributed by atoms with Crippen LogP contribution in [0.5, 0.6) is 0 Å². The van der Waals surface area contributed by atoms with Crippen molar-refractivity contribution in [2.75, 3.05) is 0 Å². The van der Waals surface area contributed by atoms with Gasteiger partial charge in [0.05, 0.1) is 32.7 Å². The van der Waals surface area contributed by atoms with E-state index in [0.717, 1.165) is 47.1 Å². The van der Waals surface area contributed by atoms with Gasteiger partial charge in [0.25, 0.3) is 0 Å². The zero-order valence-electron chi connectivity index (χ0n) is 12.7. The molecule has 0 aliphatic rings. The van der Waals surface area contributed by atoms with Crippen LogP contribution >= 0.6 is 0 Å². The van der Waals surface area contributed by atoms with Crippen molar-refractivity contribution >= 4 is 10.8 Å². The summed E-state index contributed by atoms with van der Waals surface area (Å²) in [5.74, 6) is -1.93. The van der Waals surface area contributed by atoms with E-state index in [0.29, 0.717) is 0 Å². The molecule has 5 nitrogen and oxygen atoms in total. The molecule has 3 rings (SSSR count). The van der Waals surface area contributed by atoms with Crippen molar-refractivity contribution in [3.05, 3.63) is 65.5 Å². The number of nitrogens with zero attached hydrogens (tertiary/aromatic N) is 4. The molecule has 0 saturated heterocycles. The second kappa shape index (κ2) is 6.90. The van der Waals surface area contributed by atoms with Gasteiger partial charge < -0.3 is 0 Å². The highest BCUT2D eigenvalue weighted by Gasteiger charge is 2.30. The van der Waals surface area contributed by atoms with Gasteiger partial charge in [0, 0.05) is 0 Å². The molecule has 26 heavy (non-hydrogen) atoms. The fourth-order valence-corrected chi connectivity index (χ4v) is 3.23. The van der Waals surface area contributed by atoms with Gasteiger partial charge in [-0.3, -0.25) is 4.21 Å². The third-order valence-corrected chi connectivity index (χ3v) is 4.70. The van der Waals surface area contributed by atoms with Crippen molar-refractivity contribution in [3.63, 3.8) is 0 Å². The summed E-state index contributed by atoms with van der Waals surface area (Å²) in [6.45, 7) is 0. The van der Waals surface area contributed by atoms with E-state index in [4.69, 9.17) is 0 Å². The molecule has 1 aromatic heterocycles. The fraction of sp³-hybridized carbons (Fsp3) is 0.133. The van der Waals surface area contributed by atoms with E-state index in [1.54, 1.807) is 0 Å². The minimum absolute atomic E-state index is 0.0201. The Balaban J connectivity index is 1.87. The summed E-state index contributed by atoms with van der Waals surface area (Å²) in [5, 5.41) is 10.7. The molecule has 11 heteroatoms. The first-order valence-electron chi connectivity index (χ1n) is 7.04. The van der Waals surface area contributed by atoms with Gasteiger partial charge in [-0.1, -0.05) is 0 Å². The Morgan fingerprint density at radius 3 is 2.38 bits per heavy atom. The molecular formula is C15H9F5N4OS. The number of hydrogen-bond donors (Lipinski definition) is 0. The van der Waals surface area contributed by atoms with Crippen molar-refractivity contribution in [1.82, 2.24) is 20.2 Å². The Labute approximate surface area is 145 Å². The van der Waals surface area contributed by atoms with E-state index >= 15 is 0 Å². The molecule has 136 valence electrons. The monoisotopic (exact) mass is 388 g/mol. The first kappa shape index (κ1) is 18.1. The normalized spacial score (nSPS) is 13.0. The van der Waals surface area contributed by atoms with E-state index < -0.39 is 34.2 Å². The van der Waals surface area contributed by atoms with Crippen molar-refractivity contribution in [1.29, 1.82) is 0 Å². The van der Waals surface area contributed by atoms with Gasteiger partial charge in [0.1, 0.15) is 11.6 Å². The van der Waals surface area contributed by atoms with Gasteiger partial charge in [0.15, 0.2) is 5.82 Å². The van der Waals surface area contributed by atoms with E-state index in [2.05, 4.69) is 15.5 Å². The summed E-state index contributed by atoms with van der Waals surface area (Å²) in [7, 11) is -2.00. The largest absolute Gasteiger partial charge is 0.416 e. The summed E-state index contributed by atoms with van der Waals surface area (Å²) < 4.78 is 78.2. The number of halogens is 5. The van der Waals surface area contributed by atoms with Crippen LogP contribution in [0.2, 0.25) is 0 Å². The number of benzene rings is 2. The number of rotatable bonds is 4. The lowest BCUT2D eigenvalue weighted by Crippen LogP contribution is -2.09. The molecule has 0 saturated carbocycles. The van der Waals surface area contributed by atoms with Gasteiger partial charge in [0.2, 0.25) is 0 Å². The van der Waals surface area contributed by atoms with Crippen LogP contribution in [0.25, 0.3) is 5.69 Å². The van der Waals surface area contributed by atoms with Gasteiger partial charge in [-0.05, 0) is 52.9 Å². The first-order chi connectivity index (χ1) is 12.3. The first-order valence-corrected chi connectivity index (χ1v) is 8.36. The highest BCUT2D eigenvalue weighted by Crippen LogP contribution is 2.29. The van der Waals surface area contributed by atoms with Crippen LogP contribution in [-0.4, -0.2) is 24.4 Å². The molecule has 0 spiro atoms. The van der Waals surface area contributed by atoms with E-state index in [9.17, 15) is 26.2 Å². The maximum Gasteiger partial charge on any atom is 0.416 e. The summed E-state index contributed by atoms with van der Waals surface area (Å²) in [4.78, 5) is -0.355. The van der Waals surface area contributed by atoms with E-state index in [1.165, 1.54) is 0 Å². The van der Waals surface area contributed by atoms with E-state index in [-0.39, 0.29) is 22.2 Å². The van der Waals surface area contributed by atoms with Crippen LogP contribution in [0.15, 0.2) is 47.4 Å². The Bertz CT molecular complexity index is 955. The number of alkyl halides is 3. The predicted octanol–water partition coefficient (Wildman–Crippen LogP) is 3.27. The molecule has 1 atom stereocenters. The Morgan fingerprint density at radius 1 is 1.04 bits per heavy atom. The summed E-state index contributed by atoms with van der Waals surface area (Å²) in [6, 6.07) is 6.54. The molecule has 1 heterocycles. The van der Waals surface area contributed by atoms with Crippen LogP contribution in [0.3, 0.4) is 0 Å². The quantitative estimate of drug-likeness (QED) is 0.644. The van der Waals surface area contributed by atoms with Gasteiger partial charge >= 0.3 is 6.18 Å². The second-order valence-electron chi connectivity index (χ2n) is 5.12. The lowest BCUT2D eigenvalue weighted by atomic mass is 10.2. The van der Waals surface area contributed by atoms with Crippen LogP contribution in [0.4, 0.5) is 22.0 Å². The molecule has 1 unspecified atom stereocenters. The average molecular weight is 388 g/mol. The summed E-state index contributed by atoms with van der Waals surface area (Å²) in [5.41, 5.74) is -0.643. The number of aromatic nitrogens is 4. The van der Waals surface area contributed by atoms with Crippen molar-refractivity contribution in [3.8, 4) is 5.69 Å². The zero-order valence-corrected chi connectivity index (χ0v) is 13.6. The molecule has 3 aromatic rings. The molecular weight excluding hydrogens is 379 g/mol. The predicted molar refractivity (Wildman–Crippen MR) is 80.6 cm³/mol. The van der Waals surface area contributed by atoms with Crippen molar-refractivity contribution in [2.24, 2.45) is 0 Å². The van der Waals surface area contributed by atoms with Gasteiger partial charge in [-0.25, -0.2) is 8.78 Å². The lowest BCUT2D eigenvalue weighted by molar-refractivity contribution is -0.137. The van der Waals surface area contributed by atoms with Crippen LogP contribution in [0.1, 0.15) is 11.4 Å². The second-order valence-corrected chi connectivity index (χ2v) is 6.54. The van der Waals surface area contributed by atoms with Crippen LogP contribution in [0, 0.1) is 11.6 Å². The van der Waals surface area contributed by atoms with Crippen molar-refractivity contribution < 1.29 is 26.2 Å². The Kier molecular flexibility index (Phi) is 4.81. The molecule has 0 bridgehead atoms. The third-order valence-electron chi connectivity index (χ3n) is 3.37. The molecule has 2 aromatic carbocycles. The highest BCUT2D eigenvalue weighted by molar-refractivity contribution is 7.84. The van der Waals surface area contributed by atoms with E-state index in [1.807, 2.05) is 0 Å². The van der Waals surface area contributed by atoms with Gasteiger partial charge in [-0.15, -0.1) is 5.10 Å². The molecule has 0 fully saturated rings. The smallest absolute Gasteiger partial charge is 0.254 e. The Morgan fingerprint density at radius 2 is 1.73 bits per heavy atom. The Hall–Kier alpha value is -2.69. The highest BCUT2D eigenvalue weighted by atomic mass is 32.2. The fourth-order valence-electron chi connectivity index (χ4n) is 2.13. The summed E-state index contributed by atoms with van der Waals surface area (Å²) >= 11 is 0. The van der Waals surface area contributed by atoms with Crippen LogP contribution < -0.4 is 0 Å². The average Bonchev–Trinajstić information content (AvgIpc) is 3.04. The molecule has 0 amide bonds. The standard InChI is InChI=1S/C15H9F5N4OS/c16-10-3-6-12(17)13(7-10)26(25)8-14-21-22-23-24(14)11-4-1-9(2-5-11)15(18,19)20/h1-7H,8H2. The maximum atomic E-state index is 13.7. The van der Waals surface area contributed by atoms with Crippen molar-refractivity contribution in [2.45, 2.75) is 16.8 Å². The maximum absolute atomic E-state index is 13.7. The molecule has 0 radical (unpaired) electrons. The molecule has 0 aliphatic heterocycles. The number of tetrazole rings is 1. The SMILES string of the molecule is O=S(Cc1nnnn1-c1ccc(C(F)(F)F)cc1)c1cc(F)ccc1F. The third kappa shape index (κ3) is 3.77. The summed E-state index contributed by atoms with van der Waals surface area (Å²) in [6.07, 6.45) is -4.49. The number of hydrogen-bond acceptors (Lipinski definition) is 4. The zero-order chi connectivity index (χ0) is 18.9. The molecule has 0 N–H and O–H groups in total.